The summed E-state index contributed by atoms with van der Waals surface area (Å²) in [7, 11) is 0. The molecule has 0 atom stereocenters. The van der Waals surface area contributed by atoms with Crippen LogP contribution < -0.4 is 0 Å². The molecule has 2 aliphatic heterocycles. The van der Waals surface area contributed by atoms with Crippen LogP contribution in [0.3, 0.4) is 0 Å². The van der Waals surface area contributed by atoms with Crippen LogP contribution in [0.4, 0.5) is 0 Å². The van der Waals surface area contributed by atoms with Gasteiger partial charge >= 0.3 is 0 Å². The second kappa shape index (κ2) is 12.0. The fourth-order valence-electron chi connectivity index (χ4n) is 4.96. The highest BCUT2D eigenvalue weighted by atomic mass is 16.2. The van der Waals surface area contributed by atoms with Crippen molar-refractivity contribution in [3.8, 4) is 0 Å². The molecule has 1 amide bonds. The van der Waals surface area contributed by atoms with Crippen LogP contribution in [0.1, 0.15) is 84.1 Å². The lowest BCUT2D eigenvalue weighted by molar-refractivity contribution is -0.138. The smallest absolute Gasteiger partial charge is 0.225 e. The van der Waals surface area contributed by atoms with E-state index in [9.17, 15) is 9.59 Å². The van der Waals surface area contributed by atoms with Crippen LogP contribution in [-0.2, 0) is 16.1 Å². The Morgan fingerprint density at radius 1 is 1.00 bits per heavy atom. The van der Waals surface area contributed by atoms with E-state index < -0.39 is 0 Å². The number of hydrogen-bond acceptors (Lipinski definition) is 4. The molecular weight excluding hydrogens is 400 g/mol. The van der Waals surface area contributed by atoms with E-state index in [1.165, 1.54) is 5.56 Å². The van der Waals surface area contributed by atoms with Gasteiger partial charge in [0.05, 0.1) is 6.20 Å². The zero-order chi connectivity index (χ0) is 23.1. The lowest BCUT2D eigenvalue weighted by Crippen LogP contribution is -2.46. The SMILES string of the molecule is CC(C)C(=O)CCCCN1CCC(C(=O)N2CCC(Cn3cc(C(C)C)cn3)CC2)CC1. The van der Waals surface area contributed by atoms with Crippen LogP contribution >= 0.6 is 0 Å². The summed E-state index contributed by atoms with van der Waals surface area (Å²) in [6, 6.07) is 0. The van der Waals surface area contributed by atoms with Gasteiger partial charge in [-0.05, 0) is 75.6 Å². The first-order chi connectivity index (χ1) is 15.3. The molecule has 0 aromatic carbocycles. The van der Waals surface area contributed by atoms with Gasteiger partial charge in [-0.3, -0.25) is 14.3 Å². The Morgan fingerprint density at radius 2 is 1.69 bits per heavy atom. The summed E-state index contributed by atoms with van der Waals surface area (Å²) in [5.74, 6) is 2.25. The topological polar surface area (TPSA) is 58.4 Å². The van der Waals surface area contributed by atoms with Crippen LogP contribution in [-0.4, -0.2) is 64.0 Å². The van der Waals surface area contributed by atoms with Crippen LogP contribution in [0.5, 0.6) is 0 Å². The lowest BCUT2D eigenvalue weighted by atomic mass is 9.92. The van der Waals surface area contributed by atoms with Crippen molar-refractivity contribution in [1.82, 2.24) is 19.6 Å². The third-order valence-corrected chi connectivity index (χ3v) is 7.42. The Kier molecular flexibility index (Phi) is 9.33. The first-order valence-corrected chi connectivity index (χ1v) is 12.9. The molecule has 0 saturated carbocycles. The number of amides is 1. The maximum absolute atomic E-state index is 13.1. The molecule has 1 aromatic heterocycles. The van der Waals surface area contributed by atoms with Gasteiger partial charge < -0.3 is 9.80 Å². The molecule has 2 aliphatic rings. The maximum atomic E-state index is 13.1. The number of rotatable bonds is 10. The van der Waals surface area contributed by atoms with E-state index in [0.29, 0.717) is 29.9 Å². The second-order valence-electron chi connectivity index (χ2n) is 10.6. The normalized spacial score (nSPS) is 19.2. The van der Waals surface area contributed by atoms with Gasteiger partial charge in [-0.2, -0.15) is 5.10 Å². The van der Waals surface area contributed by atoms with Gasteiger partial charge in [-0.1, -0.05) is 27.7 Å². The summed E-state index contributed by atoms with van der Waals surface area (Å²) in [5.41, 5.74) is 1.30. The van der Waals surface area contributed by atoms with Gasteiger partial charge in [0.25, 0.3) is 0 Å². The third kappa shape index (κ3) is 7.16. The number of aromatic nitrogens is 2. The molecule has 2 fully saturated rings. The van der Waals surface area contributed by atoms with E-state index in [1.54, 1.807) is 0 Å². The van der Waals surface area contributed by atoms with Crippen LogP contribution in [0, 0.1) is 17.8 Å². The number of hydrogen-bond donors (Lipinski definition) is 0. The van der Waals surface area contributed by atoms with Crippen molar-refractivity contribution in [3.05, 3.63) is 18.0 Å². The predicted octanol–water partition coefficient (Wildman–Crippen LogP) is 4.35. The molecule has 0 bridgehead atoms. The second-order valence-corrected chi connectivity index (χ2v) is 10.6. The maximum Gasteiger partial charge on any atom is 0.225 e. The van der Waals surface area contributed by atoms with E-state index in [-0.39, 0.29) is 11.8 Å². The quantitative estimate of drug-likeness (QED) is 0.503. The third-order valence-electron chi connectivity index (χ3n) is 7.42. The number of likely N-dealkylation sites (tertiary alicyclic amines) is 2. The van der Waals surface area contributed by atoms with Gasteiger partial charge in [-0.15, -0.1) is 0 Å². The molecule has 6 heteroatoms. The van der Waals surface area contributed by atoms with E-state index in [4.69, 9.17) is 0 Å². The number of carbonyl (C=O) groups excluding carboxylic acids is 2. The fraction of sp³-hybridized carbons (Fsp3) is 0.808. The van der Waals surface area contributed by atoms with Crippen molar-refractivity contribution in [2.45, 2.75) is 85.1 Å². The summed E-state index contributed by atoms with van der Waals surface area (Å²) >= 11 is 0. The number of unbranched alkanes of at least 4 members (excludes halogenated alkanes) is 1. The minimum absolute atomic E-state index is 0.158. The Labute approximate surface area is 194 Å². The Hall–Kier alpha value is -1.69. The molecule has 0 radical (unpaired) electrons. The van der Waals surface area contributed by atoms with Crippen molar-refractivity contribution in [1.29, 1.82) is 0 Å². The highest BCUT2D eigenvalue weighted by Gasteiger charge is 2.31. The van der Waals surface area contributed by atoms with Gasteiger partial charge in [-0.25, -0.2) is 0 Å². The van der Waals surface area contributed by atoms with Gasteiger partial charge in [0.1, 0.15) is 5.78 Å². The van der Waals surface area contributed by atoms with E-state index in [2.05, 4.69) is 39.6 Å². The van der Waals surface area contributed by atoms with Crippen LogP contribution in [0.25, 0.3) is 0 Å². The molecule has 0 spiro atoms. The van der Waals surface area contributed by atoms with Crippen molar-refractivity contribution < 1.29 is 9.59 Å². The van der Waals surface area contributed by atoms with Gasteiger partial charge in [0.2, 0.25) is 5.91 Å². The molecular formula is C26H44N4O2. The largest absolute Gasteiger partial charge is 0.342 e. The summed E-state index contributed by atoms with van der Waals surface area (Å²) in [6.45, 7) is 14.2. The van der Waals surface area contributed by atoms with Crippen LogP contribution in [0.2, 0.25) is 0 Å². The number of nitrogens with zero attached hydrogens (tertiary/aromatic N) is 4. The summed E-state index contributed by atoms with van der Waals surface area (Å²) in [5, 5.41) is 4.52. The molecule has 1 aromatic rings. The van der Waals surface area contributed by atoms with E-state index >= 15 is 0 Å². The molecule has 180 valence electrons. The summed E-state index contributed by atoms with van der Waals surface area (Å²) < 4.78 is 2.09. The standard InChI is InChI=1S/C26H44N4O2/c1-20(2)24-17-27-30(19-24)18-22-8-15-29(16-9-22)26(32)23-10-13-28(14-11-23)12-6-5-7-25(31)21(3)4/h17,19-23H,5-16,18H2,1-4H3. The van der Waals surface area contributed by atoms with E-state index in [0.717, 1.165) is 77.8 Å². The first kappa shape index (κ1) is 24.9. The minimum Gasteiger partial charge on any atom is -0.342 e. The number of carbonyl (C=O) groups is 2. The zero-order valence-corrected chi connectivity index (χ0v) is 20.8. The predicted molar refractivity (Wildman–Crippen MR) is 128 cm³/mol. The molecule has 0 aliphatic carbocycles. The molecule has 6 nitrogen and oxygen atoms in total. The average molecular weight is 445 g/mol. The molecule has 3 heterocycles. The first-order valence-electron chi connectivity index (χ1n) is 12.9. The molecule has 2 saturated heterocycles. The van der Waals surface area contributed by atoms with Gasteiger partial charge in [0, 0.05) is 44.1 Å². The van der Waals surface area contributed by atoms with Crippen molar-refractivity contribution in [2.24, 2.45) is 17.8 Å². The Balaban J connectivity index is 1.32. The van der Waals surface area contributed by atoms with Crippen molar-refractivity contribution >= 4 is 11.7 Å². The average Bonchev–Trinajstić information content (AvgIpc) is 3.26. The molecule has 0 unspecified atom stereocenters. The zero-order valence-electron chi connectivity index (χ0n) is 20.8. The minimum atomic E-state index is 0.158. The number of ketones is 1. The highest BCUT2D eigenvalue weighted by molar-refractivity contribution is 5.80. The molecule has 0 N–H and O–H groups in total. The Morgan fingerprint density at radius 3 is 2.28 bits per heavy atom. The summed E-state index contributed by atoms with van der Waals surface area (Å²) in [6.07, 6.45) is 11.1. The summed E-state index contributed by atoms with van der Waals surface area (Å²) in [4.78, 5) is 29.4. The fourth-order valence-corrected chi connectivity index (χ4v) is 4.96. The molecule has 32 heavy (non-hydrogen) atoms. The number of piperidine rings is 2. The Bertz CT molecular complexity index is 726. The lowest BCUT2D eigenvalue weighted by Gasteiger charge is -2.37. The molecule has 3 rings (SSSR count). The van der Waals surface area contributed by atoms with Crippen LogP contribution in [0.15, 0.2) is 12.4 Å². The van der Waals surface area contributed by atoms with E-state index in [1.807, 2.05) is 20.0 Å². The number of Topliss-reactive ketones (excluding diaryl/α,β-unsaturated/α-hetero) is 1. The van der Waals surface area contributed by atoms with Crippen molar-refractivity contribution in [2.75, 3.05) is 32.7 Å². The monoisotopic (exact) mass is 444 g/mol. The van der Waals surface area contributed by atoms with Gasteiger partial charge in [0.15, 0.2) is 0 Å². The highest BCUT2D eigenvalue weighted by Crippen LogP contribution is 2.25. The van der Waals surface area contributed by atoms with Crippen molar-refractivity contribution in [3.63, 3.8) is 0 Å².